The van der Waals surface area contributed by atoms with Crippen molar-refractivity contribution < 1.29 is 14.3 Å². The molecule has 2 aromatic carbocycles. The fraction of sp³-hybridized carbons (Fsp3) is 0.130. The summed E-state index contributed by atoms with van der Waals surface area (Å²) >= 11 is 1.27. The Labute approximate surface area is 178 Å². The molecular formula is C23H21N3O3S. The lowest BCUT2D eigenvalue weighted by Crippen LogP contribution is -2.13. The summed E-state index contributed by atoms with van der Waals surface area (Å²) in [6, 6.07) is 18.8. The first kappa shape index (κ1) is 19.7. The number of ether oxygens (including phenoxy) is 2. The van der Waals surface area contributed by atoms with Crippen LogP contribution in [0.2, 0.25) is 0 Å². The molecule has 0 bridgehead atoms. The van der Waals surface area contributed by atoms with Gasteiger partial charge in [0.25, 0.3) is 5.91 Å². The molecule has 0 unspecified atom stereocenters. The van der Waals surface area contributed by atoms with Crippen molar-refractivity contribution >= 4 is 38.8 Å². The number of methoxy groups -OCH3 is 1. The monoisotopic (exact) mass is 419 g/mol. The highest BCUT2D eigenvalue weighted by molar-refractivity contribution is 7.21. The Morgan fingerprint density at radius 3 is 2.77 bits per heavy atom. The van der Waals surface area contributed by atoms with Crippen LogP contribution in [0.15, 0.2) is 60.7 Å². The number of benzene rings is 2. The number of nitrogen functional groups attached to an aromatic ring is 1. The normalized spacial score (nSPS) is 10.7. The quantitative estimate of drug-likeness (QED) is 0.448. The highest BCUT2D eigenvalue weighted by Gasteiger charge is 2.19. The van der Waals surface area contributed by atoms with Crippen molar-refractivity contribution in [2.45, 2.75) is 6.92 Å². The maximum Gasteiger partial charge on any atom is 0.268 e. The second-order valence-corrected chi connectivity index (χ2v) is 7.51. The third-order valence-corrected chi connectivity index (χ3v) is 5.71. The van der Waals surface area contributed by atoms with Gasteiger partial charge in [-0.2, -0.15) is 0 Å². The summed E-state index contributed by atoms with van der Waals surface area (Å²) in [5, 5.41) is 3.66. The molecule has 0 radical (unpaired) electrons. The van der Waals surface area contributed by atoms with Gasteiger partial charge in [-0.3, -0.25) is 4.79 Å². The number of fused-ring (bicyclic) bond motifs is 1. The number of rotatable bonds is 6. The van der Waals surface area contributed by atoms with Crippen LogP contribution in [0.5, 0.6) is 11.5 Å². The van der Waals surface area contributed by atoms with Gasteiger partial charge in [-0.25, -0.2) is 4.98 Å². The highest BCUT2D eigenvalue weighted by atomic mass is 32.1. The summed E-state index contributed by atoms with van der Waals surface area (Å²) in [6.07, 6.45) is 0. The summed E-state index contributed by atoms with van der Waals surface area (Å²) in [6.45, 7) is 2.41. The minimum absolute atomic E-state index is 0.286. The van der Waals surface area contributed by atoms with E-state index in [0.29, 0.717) is 33.4 Å². The number of amides is 1. The molecule has 3 N–H and O–H groups in total. The van der Waals surface area contributed by atoms with Crippen LogP contribution in [-0.4, -0.2) is 24.6 Å². The summed E-state index contributed by atoms with van der Waals surface area (Å²) in [7, 11) is 1.63. The van der Waals surface area contributed by atoms with Crippen LogP contribution < -0.4 is 20.5 Å². The number of pyridine rings is 1. The highest BCUT2D eigenvalue weighted by Crippen LogP contribution is 2.35. The van der Waals surface area contributed by atoms with E-state index < -0.39 is 0 Å². The van der Waals surface area contributed by atoms with Crippen LogP contribution in [0.25, 0.3) is 21.5 Å². The third-order valence-electron chi connectivity index (χ3n) is 4.60. The zero-order chi connectivity index (χ0) is 21.1. The number of nitrogens with one attached hydrogen (secondary N) is 1. The number of carbonyl (C=O) groups is 1. The Bertz CT molecular complexity index is 1220. The van der Waals surface area contributed by atoms with Crippen LogP contribution in [-0.2, 0) is 0 Å². The zero-order valence-corrected chi connectivity index (χ0v) is 17.5. The van der Waals surface area contributed by atoms with Crippen molar-refractivity contribution in [3.05, 3.63) is 65.5 Å². The number of para-hydroxylation sites is 2. The van der Waals surface area contributed by atoms with Crippen LogP contribution in [0.1, 0.15) is 16.6 Å². The molecule has 0 saturated heterocycles. The molecule has 0 aliphatic rings. The van der Waals surface area contributed by atoms with Gasteiger partial charge in [-0.05, 0) is 43.3 Å². The van der Waals surface area contributed by atoms with E-state index in [4.69, 9.17) is 20.2 Å². The Balaban J connectivity index is 1.67. The van der Waals surface area contributed by atoms with E-state index in [1.54, 1.807) is 13.2 Å². The SMILES string of the molecule is CCOc1ccccc1NC(=O)c1sc2nc(-c3cccc(OC)c3)ccc2c1N. The van der Waals surface area contributed by atoms with Crippen LogP contribution in [0.4, 0.5) is 11.4 Å². The van der Waals surface area contributed by atoms with Crippen molar-refractivity contribution in [3.63, 3.8) is 0 Å². The van der Waals surface area contributed by atoms with Crippen molar-refractivity contribution in [3.8, 4) is 22.8 Å². The van der Waals surface area contributed by atoms with Crippen molar-refractivity contribution in [1.29, 1.82) is 0 Å². The molecule has 7 heteroatoms. The Morgan fingerprint density at radius 2 is 1.97 bits per heavy atom. The molecule has 4 rings (SSSR count). The average molecular weight is 420 g/mol. The molecule has 4 aromatic rings. The van der Waals surface area contributed by atoms with Crippen LogP contribution in [0, 0.1) is 0 Å². The Morgan fingerprint density at radius 1 is 1.13 bits per heavy atom. The summed E-state index contributed by atoms with van der Waals surface area (Å²) in [5.74, 6) is 1.09. The van der Waals surface area contributed by atoms with Gasteiger partial charge in [0.05, 0.1) is 30.8 Å². The van der Waals surface area contributed by atoms with Gasteiger partial charge in [0.1, 0.15) is 21.2 Å². The van der Waals surface area contributed by atoms with Gasteiger partial charge >= 0.3 is 0 Å². The summed E-state index contributed by atoms with van der Waals surface area (Å²) in [4.78, 5) is 18.8. The first-order chi connectivity index (χ1) is 14.6. The van der Waals surface area contributed by atoms with Crippen molar-refractivity contribution in [2.75, 3.05) is 24.8 Å². The van der Waals surface area contributed by atoms with Gasteiger partial charge < -0.3 is 20.5 Å². The lowest BCUT2D eigenvalue weighted by molar-refractivity contribution is 0.103. The molecule has 0 atom stereocenters. The maximum atomic E-state index is 12.9. The maximum absolute atomic E-state index is 12.9. The number of thiophene rings is 1. The lowest BCUT2D eigenvalue weighted by Gasteiger charge is -2.10. The van der Waals surface area contributed by atoms with Gasteiger partial charge in [-0.1, -0.05) is 24.3 Å². The van der Waals surface area contributed by atoms with Crippen LogP contribution >= 0.6 is 11.3 Å². The molecular weight excluding hydrogens is 398 g/mol. The molecule has 6 nitrogen and oxygen atoms in total. The largest absolute Gasteiger partial charge is 0.497 e. The molecule has 0 saturated carbocycles. The zero-order valence-electron chi connectivity index (χ0n) is 16.6. The number of nitrogens with two attached hydrogens (primary N) is 1. The first-order valence-corrected chi connectivity index (χ1v) is 10.3. The van der Waals surface area contributed by atoms with Crippen molar-refractivity contribution in [2.24, 2.45) is 0 Å². The van der Waals surface area contributed by atoms with Gasteiger partial charge in [0, 0.05) is 10.9 Å². The smallest absolute Gasteiger partial charge is 0.268 e. The second kappa shape index (κ2) is 8.42. The van der Waals surface area contributed by atoms with E-state index in [1.807, 2.05) is 61.5 Å². The molecule has 0 aliphatic heterocycles. The molecule has 1 amide bonds. The minimum atomic E-state index is -0.286. The van der Waals surface area contributed by atoms with E-state index in [0.717, 1.165) is 22.4 Å². The van der Waals surface area contributed by atoms with E-state index in [9.17, 15) is 4.79 Å². The third kappa shape index (κ3) is 3.79. The Kier molecular flexibility index (Phi) is 5.54. The minimum Gasteiger partial charge on any atom is -0.497 e. The molecule has 2 heterocycles. The summed E-state index contributed by atoms with van der Waals surface area (Å²) in [5.41, 5.74) is 9.03. The first-order valence-electron chi connectivity index (χ1n) is 9.47. The number of hydrogen-bond donors (Lipinski definition) is 2. The van der Waals surface area contributed by atoms with E-state index in [-0.39, 0.29) is 5.91 Å². The molecule has 152 valence electrons. The molecule has 0 spiro atoms. The molecule has 2 aromatic heterocycles. The fourth-order valence-electron chi connectivity index (χ4n) is 3.14. The second-order valence-electron chi connectivity index (χ2n) is 6.51. The number of hydrogen-bond acceptors (Lipinski definition) is 6. The van der Waals surface area contributed by atoms with Gasteiger partial charge in [0.2, 0.25) is 0 Å². The fourth-order valence-corrected chi connectivity index (χ4v) is 4.13. The van der Waals surface area contributed by atoms with Crippen molar-refractivity contribution in [1.82, 2.24) is 4.98 Å². The van der Waals surface area contributed by atoms with Gasteiger partial charge in [-0.15, -0.1) is 11.3 Å². The number of carbonyl (C=O) groups excluding carboxylic acids is 1. The molecule has 0 aliphatic carbocycles. The lowest BCUT2D eigenvalue weighted by atomic mass is 10.1. The topological polar surface area (TPSA) is 86.5 Å². The Hall–Kier alpha value is -3.58. The van der Waals surface area contributed by atoms with E-state index in [2.05, 4.69) is 5.32 Å². The molecule has 0 fully saturated rings. The van der Waals surface area contributed by atoms with Crippen LogP contribution in [0.3, 0.4) is 0 Å². The number of anilines is 2. The van der Waals surface area contributed by atoms with Gasteiger partial charge in [0.15, 0.2) is 0 Å². The molecule has 30 heavy (non-hydrogen) atoms. The number of nitrogens with zero attached hydrogens (tertiary/aromatic N) is 1. The predicted molar refractivity (Wildman–Crippen MR) is 122 cm³/mol. The predicted octanol–water partition coefficient (Wildman–Crippen LogP) is 5.21. The number of aromatic nitrogens is 1. The van der Waals surface area contributed by atoms with E-state index >= 15 is 0 Å². The summed E-state index contributed by atoms with van der Waals surface area (Å²) < 4.78 is 10.9. The van der Waals surface area contributed by atoms with E-state index in [1.165, 1.54) is 11.3 Å². The standard InChI is InChI=1S/C23H21N3O3S/c1-3-29-19-10-5-4-9-18(19)25-22(27)21-20(24)16-11-12-17(26-23(16)30-21)14-7-6-8-15(13-14)28-2/h4-13H,3,24H2,1-2H3,(H,25,27). The average Bonchev–Trinajstić information content (AvgIpc) is 3.11.